The molecule has 0 radical (unpaired) electrons. The first-order valence-electron chi connectivity index (χ1n) is 10.1. The molecule has 1 atom stereocenters. The minimum atomic E-state index is -1.50. The number of methoxy groups -OCH3 is 1. The van der Waals surface area contributed by atoms with Crippen molar-refractivity contribution in [1.29, 1.82) is 0 Å². The Kier molecular flexibility index (Phi) is 4.11. The number of hydrogen-bond acceptors (Lipinski definition) is 3. The molecule has 1 aliphatic carbocycles. The number of aromatic nitrogens is 1. The third-order valence-corrected chi connectivity index (χ3v) is 6.51. The first-order valence-corrected chi connectivity index (χ1v) is 10.1. The van der Waals surface area contributed by atoms with E-state index in [0.29, 0.717) is 16.8 Å². The molecule has 0 bridgehead atoms. The van der Waals surface area contributed by atoms with Crippen molar-refractivity contribution in [2.45, 2.75) is 24.9 Å². The lowest BCUT2D eigenvalue weighted by molar-refractivity contribution is -0.0300. The van der Waals surface area contributed by atoms with Gasteiger partial charge < -0.3 is 14.4 Å². The van der Waals surface area contributed by atoms with Crippen molar-refractivity contribution in [1.82, 2.24) is 4.57 Å². The highest BCUT2D eigenvalue weighted by atomic mass is 19.1. The van der Waals surface area contributed by atoms with Crippen LogP contribution < -0.4 is 10.2 Å². The second kappa shape index (κ2) is 6.53. The molecule has 156 valence electrons. The standard InChI is InChI=1S/C26H22FNO3/c1-25(2)24-22(26(25,30)16-10-6-4-7-11-16)23(29)18-14-19(27)21(31-3)15-20(18)28(24)17-12-8-5-9-13-17/h4-15,30H,1-3H3. The maximum absolute atomic E-state index is 14.6. The van der Waals surface area contributed by atoms with Gasteiger partial charge in [-0.3, -0.25) is 4.79 Å². The lowest BCUT2D eigenvalue weighted by Crippen LogP contribution is -2.60. The molecule has 1 unspecified atom stereocenters. The van der Waals surface area contributed by atoms with E-state index in [9.17, 15) is 14.3 Å². The zero-order valence-corrected chi connectivity index (χ0v) is 17.5. The molecule has 1 aliphatic rings. The van der Waals surface area contributed by atoms with Gasteiger partial charge in [0.25, 0.3) is 0 Å². The van der Waals surface area contributed by atoms with Crippen LogP contribution in [0.5, 0.6) is 5.75 Å². The van der Waals surface area contributed by atoms with E-state index in [4.69, 9.17) is 4.74 Å². The maximum Gasteiger partial charge on any atom is 0.196 e. The molecule has 1 aromatic heterocycles. The molecule has 4 aromatic rings. The minimum absolute atomic E-state index is 0.0620. The van der Waals surface area contributed by atoms with Crippen molar-refractivity contribution < 1.29 is 14.2 Å². The molecule has 0 fully saturated rings. The largest absolute Gasteiger partial charge is 0.494 e. The number of hydrogen-bond donors (Lipinski definition) is 1. The quantitative estimate of drug-likeness (QED) is 0.529. The molecule has 0 amide bonds. The first kappa shape index (κ1) is 19.5. The summed E-state index contributed by atoms with van der Waals surface area (Å²) in [6, 6.07) is 21.5. The van der Waals surface area contributed by atoms with Crippen LogP contribution >= 0.6 is 0 Å². The lowest BCUT2D eigenvalue weighted by Gasteiger charge is -2.54. The molecule has 5 heteroatoms. The van der Waals surface area contributed by atoms with Gasteiger partial charge in [-0.25, -0.2) is 4.39 Å². The van der Waals surface area contributed by atoms with E-state index in [1.165, 1.54) is 13.2 Å². The summed E-state index contributed by atoms with van der Waals surface area (Å²) in [6.45, 7) is 3.85. The van der Waals surface area contributed by atoms with Crippen LogP contribution in [0.1, 0.15) is 30.7 Å². The van der Waals surface area contributed by atoms with Crippen LogP contribution in [-0.2, 0) is 11.0 Å². The van der Waals surface area contributed by atoms with Crippen LogP contribution in [0.15, 0.2) is 77.6 Å². The molecule has 0 saturated carbocycles. The van der Waals surface area contributed by atoms with Crippen LogP contribution in [0, 0.1) is 5.82 Å². The Morgan fingerprint density at radius 3 is 2.19 bits per heavy atom. The fourth-order valence-corrected chi connectivity index (χ4v) is 4.92. The topological polar surface area (TPSA) is 51.5 Å². The van der Waals surface area contributed by atoms with Crippen molar-refractivity contribution in [3.05, 3.63) is 106 Å². The maximum atomic E-state index is 14.6. The number of halogens is 1. The van der Waals surface area contributed by atoms with E-state index in [2.05, 4.69) is 0 Å². The van der Waals surface area contributed by atoms with E-state index >= 15 is 0 Å². The lowest BCUT2D eigenvalue weighted by atomic mass is 9.54. The second-order valence-corrected chi connectivity index (χ2v) is 8.43. The first-order chi connectivity index (χ1) is 14.8. The van der Waals surface area contributed by atoms with Gasteiger partial charge in [0.05, 0.1) is 18.2 Å². The number of benzene rings is 3. The molecule has 3 aromatic carbocycles. The van der Waals surface area contributed by atoms with Crippen LogP contribution in [0.25, 0.3) is 16.6 Å². The fraction of sp³-hybridized carbons (Fsp3) is 0.192. The summed E-state index contributed by atoms with van der Waals surface area (Å²) in [4.78, 5) is 13.6. The van der Waals surface area contributed by atoms with Crippen molar-refractivity contribution >= 4 is 10.9 Å². The van der Waals surface area contributed by atoms with E-state index in [1.54, 1.807) is 6.07 Å². The third kappa shape index (κ3) is 2.41. The molecule has 0 saturated heterocycles. The number of rotatable bonds is 3. The summed E-state index contributed by atoms with van der Waals surface area (Å²) in [5, 5.41) is 12.1. The van der Waals surface area contributed by atoms with E-state index in [0.717, 1.165) is 5.69 Å². The number of nitrogens with zero attached hydrogens (tertiary/aromatic N) is 1. The number of pyridine rings is 1. The van der Waals surface area contributed by atoms with Crippen molar-refractivity contribution in [2.24, 2.45) is 0 Å². The van der Waals surface area contributed by atoms with Gasteiger partial charge in [0.2, 0.25) is 0 Å². The fourth-order valence-electron chi connectivity index (χ4n) is 4.92. The zero-order valence-electron chi connectivity index (χ0n) is 17.5. The molecule has 1 heterocycles. The molecule has 5 rings (SSSR count). The summed E-state index contributed by atoms with van der Waals surface area (Å²) in [5.41, 5.74) is 0.329. The Hall–Kier alpha value is -3.44. The number of para-hydroxylation sites is 1. The Labute approximate surface area is 179 Å². The summed E-state index contributed by atoms with van der Waals surface area (Å²) in [7, 11) is 1.40. The Balaban J connectivity index is 1.98. The number of ether oxygens (including phenoxy) is 1. The van der Waals surface area contributed by atoms with E-state index < -0.39 is 16.8 Å². The highest BCUT2D eigenvalue weighted by Gasteiger charge is 2.61. The highest BCUT2D eigenvalue weighted by Crippen LogP contribution is 2.57. The van der Waals surface area contributed by atoms with E-state index in [-0.39, 0.29) is 22.1 Å². The molecule has 0 spiro atoms. The summed E-state index contributed by atoms with van der Waals surface area (Å²) in [5.74, 6) is -0.555. The number of aliphatic hydroxyl groups is 1. The Morgan fingerprint density at radius 1 is 0.968 bits per heavy atom. The van der Waals surface area contributed by atoms with Crippen LogP contribution in [0.3, 0.4) is 0 Å². The molecule has 4 nitrogen and oxygen atoms in total. The van der Waals surface area contributed by atoms with Gasteiger partial charge in [-0.05, 0) is 23.8 Å². The molecule has 31 heavy (non-hydrogen) atoms. The SMILES string of the molecule is COc1cc2c(cc1F)c(=O)c1c(n2-c2ccccc2)C(C)(C)C1(O)c1ccccc1. The smallest absolute Gasteiger partial charge is 0.196 e. The van der Waals surface area contributed by atoms with Crippen LogP contribution in [0.2, 0.25) is 0 Å². The molecule has 1 N–H and O–H groups in total. The predicted octanol–water partition coefficient (Wildman–Crippen LogP) is 4.67. The summed E-state index contributed by atoms with van der Waals surface area (Å²) >= 11 is 0. The van der Waals surface area contributed by atoms with E-state index in [1.807, 2.05) is 79.1 Å². The van der Waals surface area contributed by atoms with Gasteiger partial charge in [0.1, 0.15) is 5.60 Å². The average molecular weight is 415 g/mol. The normalized spacial score (nSPS) is 19.0. The van der Waals surface area contributed by atoms with Crippen LogP contribution in [0.4, 0.5) is 4.39 Å². The third-order valence-electron chi connectivity index (χ3n) is 6.51. The molecule has 0 aliphatic heterocycles. The van der Waals surface area contributed by atoms with Crippen molar-refractivity contribution in [3.8, 4) is 11.4 Å². The van der Waals surface area contributed by atoms with Gasteiger partial charge in [-0.1, -0.05) is 62.4 Å². The Morgan fingerprint density at radius 2 is 1.58 bits per heavy atom. The second-order valence-electron chi connectivity index (χ2n) is 8.43. The Bertz CT molecular complexity index is 1380. The average Bonchev–Trinajstić information content (AvgIpc) is 2.79. The summed E-state index contributed by atoms with van der Waals surface area (Å²) in [6.07, 6.45) is 0. The van der Waals surface area contributed by atoms with Gasteiger partial charge in [0, 0.05) is 28.2 Å². The molecular weight excluding hydrogens is 393 g/mol. The van der Waals surface area contributed by atoms with Crippen molar-refractivity contribution in [2.75, 3.05) is 7.11 Å². The molecular formula is C26H22FNO3. The van der Waals surface area contributed by atoms with Gasteiger partial charge in [-0.15, -0.1) is 0 Å². The van der Waals surface area contributed by atoms with Gasteiger partial charge in [-0.2, -0.15) is 0 Å². The predicted molar refractivity (Wildman–Crippen MR) is 119 cm³/mol. The van der Waals surface area contributed by atoms with Gasteiger partial charge >= 0.3 is 0 Å². The van der Waals surface area contributed by atoms with Gasteiger partial charge in [0.15, 0.2) is 17.0 Å². The van der Waals surface area contributed by atoms with Crippen LogP contribution in [-0.4, -0.2) is 16.8 Å². The summed E-state index contributed by atoms with van der Waals surface area (Å²) < 4.78 is 21.7. The van der Waals surface area contributed by atoms with Crippen molar-refractivity contribution in [3.63, 3.8) is 0 Å². The highest BCUT2D eigenvalue weighted by molar-refractivity contribution is 5.86. The monoisotopic (exact) mass is 415 g/mol. The zero-order chi connectivity index (χ0) is 22.0. The number of fused-ring (bicyclic) bond motifs is 2. The minimum Gasteiger partial charge on any atom is -0.494 e.